The highest BCUT2D eigenvalue weighted by Gasteiger charge is 2.25. The molecule has 28 heavy (non-hydrogen) atoms. The molecule has 2 aromatic heterocycles. The lowest BCUT2D eigenvalue weighted by atomic mass is 9.98. The molecule has 1 unspecified atom stereocenters. The van der Waals surface area contributed by atoms with E-state index in [1.807, 2.05) is 36.2 Å². The van der Waals surface area contributed by atoms with E-state index in [1.54, 1.807) is 6.20 Å². The van der Waals surface area contributed by atoms with Crippen LogP contribution in [0.2, 0.25) is 0 Å². The number of amides is 1. The normalized spacial score (nSPS) is 16.1. The summed E-state index contributed by atoms with van der Waals surface area (Å²) in [6.45, 7) is 1.79. The minimum absolute atomic E-state index is 0.0940. The van der Waals surface area contributed by atoms with Crippen molar-refractivity contribution in [3.05, 3.63) is 66.3 Å². The van der Waals surface area contributed by atoms with Crippen LogP contribution in [0.1, 0.15) is 22.5 Å². The summed E-state index contributed by atoms with van der Waals surface area (Å²) in [4.78, 5) is 37.6. The molecule has 0 radical (unpaired) electrons. The molecule has 0 aliphatic carbocycles. The third kappa shape index (κ3) is 6.39. The maximum atomic E-state index is 12.3. The number of fused-ring (bicyclic) bond motifs is 1. The van der Waals surface area contributed by atoms with Crippen LogP contribution >= 0.6 is 0 Å². The first-order valence-corrected chi connectivity index (χ1v) is 8.81. The number of aryl methyl sites for hydroxylation is 1. The molecule has 8 nitrogen and oxygen atoms in total. The van der Waals surface area contributed by atoms with Gasteiger partial charge in [0, 0.05) is 50.9 Å². The van der Waals surface area contributed by atoms with E-state index in [1.165, 1.54) is 0 Å². The van der Waals surface area contributed by atoms with Crippen LogP contribution in [0.4, 0.5) is 0 Å². The number of carbonyl (C=O) groups is 3. The van der Waals surface area contributed by atoms with E-state index in [0.717, 1.165) is 37.2 Å². The van der Waals surface area contributed by atoms with Crippen molar-refractivity contribution in [1.82, 2.24) is 14.5 Å². The van der Waals surface area contributed by atoms with Gasteiger partial charge in [-0.3, -0.25) is 9.78 Å². The predicted molar refractivity (Wildman–Crippen MR) is 102 cm³/mol. The van der Waals surface area contributed by atoms with E-state index < -0.39 is 11.9 Å². The minimum Gasteiger partial charge on any atom is -0.478 e. The average molecular weight is 385 g/mol. The summed E-state index contributed by atoms with van der Waals surface area (Å²) in [5.41, 5.74) is 1.71. The van der Waals surface area contributed by atoms with Gasteiger partial charge in [-0.15, -0.1) is 0 Å². The zero-order valence-corrected chi connectivity index (χ0v) is 15.6. The fraction of sp³-hybridized carbons (Fsp3) is 0.300. The molecule has 8 heteroatoms. The van der Waals surface area contributed by atoms with Crippen LogP contribution in [0.5, 0.6) is 0 Å². The van der Waals surface area contributed by atoms with Crippen LogP contribution in [0, 0.1) is 5.92 Å². The van der Waals surface area contributed by atoms with E-state index >= 15 is 0 Å². The Kier molecular flexibility index (Phi) is 7.50. The summed E-state index contributed by atoms with van der Waals surface area (Å²) in [6.07, 6.45) is 9.00. The quantitative estimate of drug-likeness (QED) is 0.761. The molecular formula is C20H23N3O5. The van der Waals surface area contributed by atoms with Crippen molar-refractivity contribution < 1.29 is 24.6 Å². The number of hydrogen-bond acceptors (Lipinski definition) is 4. The second-order valence-corrected chi connectivity index (χ2v) is 6.47. The first kappa shape index (κ1) is 20.9. The number of aromatic nitrogens is 2. The number of pyridine rings is 1. The Bertz CT molecular complexity index is 829. The van der Waals surface area contributed by atoms with Gasteiger partial charge in [-0.2, -0.15) is 0 Å². The van der Waals surface area contributed by atoms with Gasteiger partial charge in [0.2, 0.25) is 0 Å². The monoisotopic (exact) mass is 385 g/mol. The van der Waals surface area contributed by atoms with Crippen LogP contribution in [0.25, 0.3) is 0 Å². The molecule has 1 amide bonds. The lowest BCUT2D eigenvalue weighted by Crippen LogP contribution is -2.30. The SMILES string of the molecule is CN1CC(CCn2cccc2)Cc2ncccc2C1=O.O=C(O)/C=C/C(=O)O. The fourth-order valence-corrected chi connectivity index (χ4v) is 3.00. The third-order valence-electron chi connectivity index (χ3n) is 4.31. The van der Waals surface area contributed by atoms with Crippen molar-refractivity contribution in [1.29, 1.82) is 0 Å². The van der Waals surface area contributed by atoms with Crippen molar-refractivity contribution in [2.45, 2.75) is 19.4 Å². The van der Waals surface area contributed by atoms with Gasteiger partial charge in [0.25, 0.3) is 5.91 Å². The molecule has 148 valence electrons. The van der Waals surface area contributed by atoms with E-state index in [9.17, 15) is 14.4 Å². The van der Waals surface area contributed by atoms with Crippen LogP contribution in [0.15, 0.2) is 55.0 Å². The van der Waals surface area contributed by atoms with Crippen molar-refractivity contribution in [3.8, 4) is 0 Å². The topological polar surface area (TPSA) is 113 Å². The highest BCUT2D eigenvalue weighted by atomic mass is 16.4. The van der Waals surface area contributed by atoms with Crippen molar-refractivity contribution >= 4 is 17.8 Å². The van der Waals surface area contributed by atoms with Crippen LogP contribution in [0.3, 0.4) is 0 Å². The molecule has 3 heterocycles. The van der Waals surface area contributed by atoms with Crippen molar-refractivity contribution in [2.24, 2.45) is 5.92 Å². The summed E-state index contributed by atoms with van der Waals surface area (Å²) in [5, 5.41) is 15.6. The van der Waals surface area contributed by atoms with E-state index in [0.29, 0.717) is 18.1 Å². The molecule has 2 aromatic rings. The summed E-state index contributed by atoms with van der Waals surface area (Å²) in [6, 6.07) is 7.80. The molecule has 0 saturated heterocycles. The molecule has 3 rings (SSSR count). The molecule has 0 saturated carbocycles. The van der Waals surface area contributed by atoms with E-state index in [2.05, 4.69) is 21.9 Å². The molecule has 1 atom stereocenters. The predicted octanol–water partition coefficient (Wildman–Crippen LogP) is 1.93. The molecule has 1 aliphatic heterocycles. The summed E-state index contributed by atoms with van der Waals surface area (Å²) >= 11 is 0. The number of carboxylic acids is 2. The van der Waals surface area contributed by atoms with Crippen LogP contribution < -0.4 is 0 Å². The Labute approximate surface area is 162 Å². The second-order valence-electron chi connectivity index (χ2n) is 6.47. The standard InChI is InChI=1S/C16H19N3O.C4H4O4/c1-18-12-13(6-10-19-8-2-3-9-19)11-15-14(16(18)20)5-4-7-17-15;5-3(6)1-2-4(7)8/h2-5,7-9,13H,6,10-12H2,1H3;1-2H,(H,5,6)(H,7,8)/b;2-1+. The summed E-state index contributed by atoms with van der Waals surface area (Å²) in [7, 11) is 1.88. The van der Waals surface area contributed by atoms with Crippen molar-refractivity contribution in [2.75, 3.05) is 13.6 Å². The fourth-order valence-electron chi connectivity index (χ4n) is 3.00. The Morgan fingerprint density at radius 2 is 1.82 bits per heavy atom. The van der Waals surface area contributed by atoms with Gasteiger partial charge in [-0.05, 0) is 43.0 Å². The largest absolute Gasteiger partial charge is 0.478 e. The molecule has 0 aromatic carbocycles. The lowest BCUT2D eigenvalue weighted by molar-refractivity contribution is -0.134. The average Bonchev–Trinajstić information content (AvgIpc) is 3.14. The number of aliphatic carboxylic acids is 2. The Morgan fingerprint density at radius 3 is 2.43 bits per heavy atom. The smallest absolute Gasteiger partial charge is 0.328 e. The van der Waals surface area contributed by atoms with E-state index in [-0.39, 0.29) is 5.91 Å². The van der Waals surface area contributed by atoms with E-state index in [4.69, 9.17) is 10.2 Å². The Hall–Kier alpha value is -3.42. The first-order chi connectivity index (χ1) is 13.4. The second kappa shape index (κ2) is 10.1. The zero-order valence-electron chi connectivity index (χ0n) is 15.6. The van der Waals surface area contributed by atoms with Gasteiger partial charge < -0.3 is 19.7 Å². The Morgan fingerprint density at radius 1 is 1.18 bits per heavy atom. The molecule has 0 spiro atoms. The zero-order chi connectivity index (χ0) is 20.5. The van der Waals surface area contributed by atoms with Crippen LogP contribution in [-0.2, 0) is 22.6 Å². The first-order valence-electron chi connectivity index (χ1n) is 8.81. The maximum Gasteiger partial charge on any atom is 0.328 e. The Balaban J connectivity index is 0.000000300. The van der Waals surface area contributed by atoms with Crippen molar-refractivity contribution in [3.63, 3.8) is 0 Å². The number of rotatable bonds is 5. The van der Waals surface area contributed by atoms with Gasteiger partial charge in [0.15, 0.2) is 0 Å². The summed E-state index contributed by atoms with van der Waals surface area (Å²) in [5.74, 6) is -1.96. The number of carbonyl (C=O) groups excluding carboxylic acids is 1. The number of carboxylic acid groups (broad SMARTS) is 2. The molecule has 1 aliphatic rings. The van der Waals surface area contributed by atoms with Crippen LogP contribution in [-0.4, -0.2) is 56.1 Å². The van der Waals surface area contributed by atoms with Gasteiger partial charge in [0.1, 0.15) is 0 Å². The highest BCUT2D eigenvalue weighted by molar-refractivity contribution is 5.95. The molecule has 0 fully saturated rings. The van der Waals surface area contributed by atoms with Gasteiger partial charge in [-0.25, -0.2) is 9.59 Å². The van der Waals surface area contributed by atoms with Gasteiger partial charge >= 0.3 is 11.9 Å². The maximum absolute atomic E-state index is 12.3. The lowest BCUT2D eigenvalue weighted by Gasteiger charge is -2.20. The number of hydrogen-bond donors (Lipinski definition) is 2. The summed E-state index contributed by atoms with van der Waals surface area (Å²) < 4.78 is 2.19. The highest BCUT2D eigenvalue weighted by Crippen LogP contribution is 2.22. The molecule has 2 N–H and O–H groups in total. The minimum atomic E-state index is -1.26. The number of nitrogens with zero attached hydrogens (tertiary/aromatic N) is 3. The molecule has 0 bridgehead atoms. The molecular weight excluding hydrogens is 362 g/mol. The van der Waals surface area contributed by atoms with Gasteiger partial charge in [-0.1, -0.05) is 0 Å². The van der Waals surface area contributed by atoms with Gasteiger partial charge in [0.05, 0.1) is 11.3 Å². The third-order valence-corrected chi connectivity index (χ3v) is 4.31.